The van der Waals surface area contributed by atoms with Gasteiger partial charge in [0.05, 0.1) is 13.7 Å². The maximum absolute atomic E-state index is 8.61. The second kappa shape index (κ2) is 5.34. The Morgan fingerprint density at radius 2 is 2.00 bits per heavy atom. The van der Waals surface area contributed by atoms with E-state index in [-0.39, 0.29) is 13.2 Å². The minimum absolute atomic E-state index is 0.00605. The fourth-order valence-corrected chi connectivity index (χ4v) is 1.08. The van der Waals surface area contributed by atoms with Crippen molar-refractivity contribution < 1.29 is 14.6 Å². The van der Waals surface area contributed by atoms with E-state index in [0.717, 1.165) is 11.4 Å². The van der Waals surface area contributed by atoms with Gasteiger partial charge in [-0.2, -0.15) is 0 Å². The van der Waals surface area contributed by atoms with Crippen LogP contribution < -0.4 is 14.8 Å². The van der Waals surface area contributed by atoms with Crippen LogP contribution >= 0.6 is 0 Å². The monoisotopic (exact) mass is 197 g/mol. The highest BCUT2D eigenvalue weighted by molar-refractivity contribution is 5.53. The minimum atomic E-state index is 0.00605. The summed E-state index contributed by atoms with van der Waals surface area (Å²) in [5.41, 5.74) is 0.914. The summed E-state index contributed by atoms with van der Waals surface area (Å²) in [6.45, 7) is 0.294. The van der Waals surface area contributed by atoms with Crippen molar-refractivity contribution >= 4 is 5.69 Å². The zero-order chi connectivity index (χ0) is 10.4. The fourth-order valence-electron chi connectivity index (χ4n) is 1.08. The lowest BCUT2D eigenvalue weighted by Gasteiger charge is -2.09. The van der Waals surface area contributed by atoms with Gasteiger partial charge in [-0.15, -0.1) is 0 Å². The molecule has 0 aromatic heterocycles. The number of hydrogen-bond donors (Lipinski definition) is 2. The maximum atomic E-state index is 8.61. The predicted octanol–water partition coefficient (Wildman–Crippen LogP) is 1.11. The quantitative estimate of drug-likeness (QED) is 0.742. The van der Waals surface area contributed by atoms with Crippen molar-refractivity contribution in [2.24, 2.45) is 0 Å². The second-order valence-electron chi connectivity index (χ2n) is 2.72. The summed E-state index contributed by atoms with van der Waals surface area (Å²) in [7, 11) is 3.43. The molecule has 0 radical (unpaired) electrons. The van der Waals surface area contributed by atoms with Crippen LogP contribution in [0.3, 0.4) is 0 Å². The van der Waals surface area contributed by atoms with Gasteiger partial charge >= 0.3 is 0 Å². The van der Waals surface area contributed by atoms with Crippen molar-refractivity contribution in [2.45, 2.75) is 0 Å². The number of methoxy groups -OCH3 is 1. The molecule has 0 aliphatic heterocycles. The molecule has 14 heavy (non-hydrogen) atoms. The van der Waals surface area contributed by atoms with Gasteiger partial charge in [0, 0.05) is 30.9 Å². The summed E-state index contributed by atoms with van der Waals surface area (Å²) in [5.74, 6) is 1.41. The molecule has 0 spiro atoms. The molecule has 1 aromatic carbocycles. The molecule has 0 aliphatic carbocycles. The third-order valence-corrected chi connectivity index (χ3v) is 1.76. The van der Waals surface area contributed by atoms with Crippen LogP contribution in [0, 0.1) is 0 Å². The number of hydrogen-bond acceptors (Lipinski definition) is 4. The van der Waals surface area contributed by atoms with E-state index in [9.17, 15) is 0 Å². The van der Waals surface area contributed by atoms with Gasteiger partial charge in [-0.3, -0.25) is 0 Å². The Balaban J connectivity index is 2.81. The van der Waals surface area contributed by atoms with E-state index in [2.05, 4.69) is 5.32 Å². The van der Waals surface area contributed by atoms with E-state index in [1.54, 1.807) is 13.2 Å². The Bertz CT molecular complexity index is 266. The fraction of sp³-hybridized carbons (Fsp3) is 0.400. The zero-order valence-corrected chi connectivity index (χ0v) is 8.41. The number of anilines is 1. The van der Waals surface area contributed by atoms with Crippen LogP contribution in [0.2, 0.25) is 0 Å². The number of aliphatic hydroxyl groups excluding tert-OH is 1. The zero-order valence-electron chi connectivity index (χ0n) is 8.41. The summed E-state index contributed by atoms with van der Waals surface area (Å²) in [6.07, 6.45) is 0. The molecule has 0 aliphatic rings. The van der Waals surface area contributed by atoms with Crippen LogP contribution in [0.25, 0.3) is 0 Å². The van der Waals surface area contributed by atoms with Gasteiger partial charge in [0.25, 0.3) is 0 Å². The lowest BCUT2D eigenvalue weighted by molar-refractivity contribution is 0.201. The maximum Gasteiger partial charge on any atom is 0.125 e. The minimum Gasteiger partial charge on any atom is -0.497 e. The molecular formula is C10H15NO3. The van der Waals surface area contributed by atoms with Crippen LogP contribution in [0.5, 0.6) is 11.5 Å². The summed E-state index contributed by atoms with van der Waals surface area (Å²) < 4.78 is 10.4. The summed E-state index contributed by atoms with van der Waals surface area (Å²) in [6, 6.07) is 5.49. The van der Waals surface area contributed by atoms with E-state index >= 15 is 0 Å². The molecule has 0 atom stereocenters. The Morgan fingerprint density at radius 3 is 2.57 bits per heavy atom. The average Bonchev–Trinajstić information content (AvgIpc) is 2.25. The molecule has 4 nitrogen and oxygen atoms in total. The van der Waals surface area contributed by atoms with Gasteiger partial charge < -0.3 is 19.9 Å². The Kier molecular flexibility index (Phi) is 4.07. The van der Waals surface area contributed by atoms with Gasteiger partial charge in [0.15, 0.2) is 0 Å². The SMILES string of the molecule is CNc1cc(OC)cc(OCCO)c1. The van der Waals surface area contributed by atoms with Crippen molar-refractivity contribution in [3.63, 3.8) is 0 Å². The average molecular weight is 197 g/mol. The van der Waals surface area contributed by atoms with Crippen LogP contribution in [-0.4, -0.2) is 32.5 Å². The lowest BCUT2D eigenvalue weighted by atomic mass is 10.3. The summed E-state index contributed by atoms with van der Waals surface area (Å²) in [4.78, 5) is 0. The van der Waals surface area contributed by atoms with E-state index in [1.165, 1.54) is 0 Å². The molecule has 0 bridgehead atoms. The van der Waals surface area contributed by atoms with E-state index in [1.807, 2.05) is 19.2 Å². The smallest absolute Gasteiger partial charge is 0.125 e. The van der Waals surface area contributed by atoms with Crippen LogP contribution in [-0.2, 0) is 0 Å². The van der Waals surface area contributed by atoms with E-state index < -0.39 is 0 Å². The molecule has 0 saturated carbocycles. The number of benzene rings is 1. The van der Waals surface area contributed by atoms with Gasteiger partial charge in [-0.25, -0.2) is 0 Å². The van der Waals surface area contributed by atoms with Crippen molar-refractivity contribution in [1.29, 1.82) is 0 Å². The Hall–Kier alpha value is -1.42. The molecule has 1 rings (SSSR count). The third-order valence-electron chi connectivity index (χ3n) is 1.76. The normalized spacial score (nSPS) is 9.64. The topological polar surface area (TPSA) is 50.7 Å². The van der Waals surface area contributed by atoms with Gasteiger partial charge in [-0.05, 0) is 0 Å². The van der Waals surface area contributed by atoms with Crippen LogP contribution in [0.4, 0.5) is 5.69 Å². The largest absolute Gasteiger partial charge is 0.497 e. The second-order valence-corrected chi connectivity index (χ2v) is 2.72. The molecular weight excluding hydrogens is 182 g/mol. The number of aliphatic hydroxyl groups is 1. The standard InChI is InChI=1S/C10H15NO3/c1-11-8-5-9(13-2)7-10(6-8)14-4-3-12/h5-7,11-12H,3-4H2,1-2H3. The summed E-state index contributed by atoms with van der Waals surface area (Å²) in [5, 5.41) is 11.6. The molecule has 0 amide bonds. The number of ether oxygens (including phenoxy) is 2. The van der Waals surface area contributed by atoms with E-state index in [4.69, 9.17) is 14.6 Å². The molecule has 0 heterocycles. The first-order valence-electron chi connectivity index (χ1n) is 4.40. The first-order chi connectivity index (χ1) is 6.80. The van der Waals surface area contributed by atoms with Crippen LogP contribution in [0.15, 0.2) is 18.2 Å². The number of nitrogens with one attached hydrogen (secondary N) is 1. The van der Waals surface area contributed by atoms with Crippen molar-refractivity contribution in [1.82, 2.24) is 0 Å². The van der Waals surface area contributed by atoms with Gasteiger partial charge in [-0.1, -0.05) is 0 Å². The molecule has 4 heteroatoms. The van der Waals surface area contributed by atoms with Crippen molar-refractivity contribution in [2.75, 3.05) is 32.7 Å². The van der Waals surface area contributed by atoms with Crippen LogP contribution in [0.1, 0.15) is 0 Å². The number of rotatable bonds is 5. The van der Waals surface area contributed by atoms with Crippen molar-refractivity contribution in [3.8, 4) is 11.5 Å². The molecule has 0 fully saturated rings. The third kappa shape index (κ3) is 2.81. The van der Waals surface area contributed by atoms with Gasteiger partial charge in [0.2, 0.25) is 0 Å². The van der Waals surface area contributed by atoms with Crippen molar-refractivity contribution in [3.05, 3.63) is 18.2 Å². The first kappa shape index (κ1) is 10.7. The lowest BCUT2D eigenvalue weighted by Crippen LogP contribution is -2.02. The molecule has 1 aromatic rings. The predicted molar refractivity (Wildman–Crippen MR) is 55.1 cm³/mol. The highest BCUT2D eigenvalue weighted by Gasteiger charge is 2.00. The molecule has 78 valence electrons. The first-order valence-corrected chi connectivity index (χ1v) is 4.40. The molecule has 0 unspecified atom stereocenters. The van der Waals surface area contributed by atoms with Gasteiger partial charge in [0.1, 0.15) is 18.1 Å². The Labute approximate surface area is 83.5 Å². The molecule has 2 N–H and O–H groups in total. The highest BCUT2D eigenvalue weighted by atomic mass is 16.5. The highest BCUT2D eigenvalue weighted by Crippen LogP contribution is 2.25. The van der Waals surface area contributed by atoms with E-state index in [0.29, 0.717) is 5.75 Å². The Morgan fingerprint density at radius 1 is 1.29 bits per heavy atom. The molecule has 0 saturated heterocycles. The summed E-state index contributed by atoms with van der Waals surface area (Å²) >= 11 is 0.